The summed E-state index contributed by atoms with van der Waals surface area (Å²) in [6.45, 7) is 2.27. The Hall–Kier alpha value is -0.860. The van der Waals surface area contributed by atoms with Gasteiger partial charge in [-0.15, -0.1) is 11.3 Å². The van der Waals surface area contributed by atoms with Gasteiger partial charge in [-0.05, 0) is 40.7 Å². The van der Waals surface area contributed by atoms with E-state index in [1.165, 1.54) is 42.2 Å². The first kappa shape index (κ1) is 13.1. The summed E-state index contributed by atoms with van der Waals surface area (Å²) in [6, 6.07) is 8.44. The number of aliphatic hydroxyl groups is 1. The average molecular weight is 274 g/mol. The van der Waals surface area contributed by atoms with Gasteiger partial charge in [0.25, 0.3) is 0 Å². The highest BCUT2D eigenvalue weighted by atomic mass is 32.1. The van der Waals surface area contributed by atoms with Crippen molar-refractivity contribution in [2.45, 2.75) is 45.1 Å². The van der Waals surface area contributed by atoms with E-state index in [1.54, 1.807) is 11.3 Å². The van der Waals surface area contributed by atoms with Crippen LogP contribution in [0.4, 0.5) is 0 Å². The third-order valence-corrected chi connectivity index (χ3v) is 5.71. The van der Waals surface area contributed by atoms with E-state index in [0.717, 1.165) is 5.56 Å². The Morgan fingerprint density at radius 3 is 2.89 bits per heavy atom. The molecule has 0 radical (unpaired) electrons. The summed E-state index contributed by atoms with van der Waals surface area (Å²) in [4.78, 5) is 0. The minimum atomic E-state index is -0.276. The van der Waals surface area contributed by atoms with E-state index in [1.807, 2.05) is 0 Å². The van der Waals surface area contributed by atoms with Crippen molar-refractivity contribution in [3.8, 4) is 0 Å². The fourth-order valence-electron chi connectivity index (χ4n) is 3.62. The predicted molar refractivity (Wildman–Crippen MR) is 82.5 cm³/mol. The summed E-state index contributed by atoms with van der Waals surface area (Å²) < 4.78 is 1.29. The highest BCUT2D eigenvalue weighted by Crippen LogP contribution is 2.43. The lowest BCUT2D eigenvalue weighted by Crippen LogP contribution is -2.25. The lowest BCUT2D eigenvalue weighted by Gasteiger charge is -2.34. The molecule has 1 N–H and O–H groups in total. The quantitative estimate of drug-likeness (QED) is 0.820. The normalized spacial score (nSPS) is 25.6. The number of aliphatic hydroxyl groups excluding tert-OH is 1. The molecule has 0 spiro atoms. The molecule has 102 valence electrons. The number of thiophene rings is 1. The second kappa shape index (κ2) is 5.64. The molecule has 0 saturated heterocycles. The van der Waals surface area contributed by atoms with Crippen molar-refractivity contribution in [2.75, 3.05) is 0 Å². The maximum atomic E-state index is 10.8. The first-order valence-corrected chi connectivity index (χ1v) is 8.33. The third-order valence-electron chi connectivity index (χ3n) is 4.73. The summed E-state index contributed by atoms with van der Waals surface area (Å²) in [5.74, 6) is 1.15. The molecule has 0 bridgehead atoms. The molecule has 3 rings (SSSR count). The average Bonchev–Trinajstić information content (AvgIpc) is 2.90. The van der Waals surface area contributed by atoms with Gasteiger partial charge in [-0.1, -0.05) is 50.8 Å². The fraction of sp³-hybridized carbons (Fsp3) is 0.529. The number of rotatable bonds is 3. The molecular weight excluding hydrogens is 252 g/mol. The first-order chi connectivity index (χ1) is 9.31. The van der Waals surface area contributed by atoms with E-state index in [4.69, 9.17) is 0 Å². The third kappa shape index (κ3) is 2.44. The second-order valence-corrected chi connectivity index (χ2v) is 6.66. The maximum Gasteiger partial charge on any atom is 0.0834 e. The molecule has 1 heterocycles. The Balaban J connectivity index is 1.92. The van der Waals surface area contributed by atoms with Crippen molar-refractivity contribution < 1.29 is 5.11 Å². The van der Waals surface area contributed by atoms with E-state index in [2.05, 4.69) is 36.6 Å². The van der Waals surface area contributed by atoms with Crippen LogP contribution in [0.3, 0.4) is 0 Å². The van der Waals surface area contributed by atoms with Crippen LogP contribution in [0.5, 0.6) is 0 Å². The highest BCUT2D eigenvalue weighted by Gasteiger charge is 2.31. The number of hydrogen-bond donors (Lipinski definition) is 1. The molecule has 3 unspecified atom stereocenters. The summed E-state index contributed by atoms with van der Waals surface area (Å²) in [5.41, 5.74) is 1.16. The van der Waals surface area contributed by atoms with E-state index >= 15 is 0 Å². The Bertz CT molecular complexity index is 545. The molecule has 1 aliphatic carbocycles. The van der Waals surface area contributed by atoms with Gasteiger partial charge in [-0.2, -0.15) is 0 Å². The van der Waals surface area contributed by atoms with Crippen molar-refractivity contribution in [2.24, 2.45) is 11.8 Å². The number of benzene rings is 1. The van der Waals surface area contributed by atoms with Crippen LogP contribution in [0.1, 0.15) is 50.7 Å². The molecule has 1 aromatic heterocycles. The van der Waals surface area contributed by atoms with Crippen LogP contribution in [0.15, 0.2) is 29.6 Å². The van der Waals surface area contributed by atoms with Crippen molar-refractivity contribution in [3.63, 3.8) is 0 Å². The molecule has 1 fully saturated rings. The summed E-state index contributed by atoms with van der Waals surface area (Å²) in [7, 11) is 0. The first-order valence-electron chi connectivity index (χ1n) is 7.45. The molecule has 0 aliphatic heterocycles. The van der Waals surface area contributed by atoms with Crippen LogP contribution in [0.2, 0.25) is 0 Å². The molecule has 1 nitrogen and oxygen atoms in total. The zero-order chi connectivity index (χ0) is 13.2. The standard InChI is InChI=1S/C17H22OS/c1-2-12-7-3-4-8-13(12)17(18)15-11-19-16-10-6-5-9-14(15)16/h5-6,9-13,17-18H,2-4,7-8H2,1H3. The van der Waals surface area contributed by atoms with Gasteiger partial charge in [-0.25, -0.2) is 0 Å². The zero-order valence-corrected chi connectivity index (χ0v) is 12.3. The van der Waals surface area contributed by atoms with Gasteiger partial charge < -0.3 is 5.11 Å². The Kier molecular flexibility index (Phi) is 3.90. The topological polar surface area (TPSA) is 20.2 Å². The Morgan fingerprint density at radius 2 is 2.05 bits per heavy atom. The maximum absolute atomic E-state index is 10.8. The van der Waals surface area contributed by atoms with Crippen LogP contribution >= 0.6 is 11.3 Å². The van der Waals surface area contributed by atoms with Crippen molar-refractivity contribution in [1.82, 2.24) is 0 Å². The summed E-state index contributed by atoms with van der Waals surface area (Å²) in [5, 5.41) is 14.3. The van der Waals surface area contributed by atoms with Crippen molar-refractivity contribution in [1.29, 1.82) is 0 Å². The molecule has 2 heteroatoms. The van der Waals surface area contributed by atoms with E-state index in [9.17, 15) is 5.11 Å². The minimum absolute atomic E-state index is 0.276. The molecular formula is C17H22OS. The van der Waals surface area contributed by atoms with Crippen molar-refractivity contribution in [3.05, 3.63) is 35.2 Å². The summed E-state index contributed by atoms with van der Waals surface area (Å²) >= 11 is 1.76. The van der Waals surface area contributed by atoms with E-state index in [-0.39, 0.29) is 6.10 Å². The fourth-order valence-corrected chi connectivity index (χ4v) is 4.61. The molecule has 1 aliphatic rings. The minimum Gasteiger partial charge on any atom is -0.388 e. The molecule has 1 saturated carbocycles. The van der Waals surface area contributed by atoms with Crippen LogP contribution in [-0.4, -0.2) is 5.11 Å². The number of hydrogen-bond acceptors (Lipinski definition) is 2. The predicted octanol–water partition coefficient (Wildman–Crippen LogP) is 5.15. The highest BCUT2D eigenvalue weighted by molar-refractivity contribution is 7.17. The second-order valence-electron chi connectivity index (χ2n) is 5.75. The largest absolute Gasteiger partial charge is 0.388 e. The molecule has 19 heavy (non-hydrogen) atoms. The summed E-state index contributed by atoms with van der Waals surface area (Å²) in [6.07, 6.45) is 6.02. The Morgan fingerprint density at radius 1 is 1.26 bits per heavy atom. The monoisotopic (exact) mass is 274 g/mol. The lowest BCUT2D eigenvalue weighted by molar-refractivity contribution is 0.0464. The van der Waals surface area contributed by atoms with Gasteiger partial charge in [0, 0.05) is 4.70 Å². The zero-order valence-electron chi connectivity index (χ0n) is 11.5. The molecule has 1 aromatic carbocycles. The van der Waals surface area contributed by atoms with Gasteiger partial charge in [0.2, 0.25) is 0 Å². The van der Waals surface area contributed by atoms with Gasteiger partial charge in [0.05, 0.1) is 6.10 Å². The van der Waals surface area contributed by atoms with Gasteiger partial charge >= 0.3 is 0 Å². The van der Waals surface area contributed by atoms with Gasteiger partial charge in [0.1, 0.15) is 0 Å². The number of fused-ring (bicyclic) bond motifs is 1. The Labute approximate surface area is 119 Å². The SMILES string of the molecule is CCC1CCCCC1C(O)c1csc2ccccc12. The van der Waals surface area contributed by atoms with Crippen LogP contribution in [0.25, 0.3) is 10.1 Å². The molecule has 3 atom stereocenters. The van der Waals surface area contributed by atoms with Crippen LogP contribution in [-0.2, 0) is 0 Å². The van der Waals surface area contributed by atoms with E-state index < -0.39 is 0 Å². The lowest BCUT2D eigenvalue weighted by atomic mass is 9.73. The van der Waals surface area contributed by atoms with Crippen LogP contribution in [0, 0.1) is 11.8 Å². The van der Waals surface area contributed by atoms with Crippen molar-refractivity contribution >= 4 is 21.4 Å². The van der Waals surface area contributed by atoms with Crippen LogP contribution < -0.4 is 0 Å². The van der Waals surface area contributed by atoms with Gasteiger partial charge in [0.15, 0.2) is 0 Å². The smallest absolute Gasteiger partial charge is 0.0834 e. The van der Waals surface area contributed by atoms with Gasteiger partial charge in [-0.3, -0.25) is 0 Å². The van der Waals surface area contributed by atoms with E-state index in [0.29, 0.717) is 11.8 Å². The molecule has 2 aromatic rings. The molecule has 0 amide bonds.